The maximum absolute atomic E-state index is 12.0. The van der Waals surface area contributed by atoms with Gasteiger partial charge < -0.3 is 15.2 Å². The second kappa shape index (κ2) is 8.15. The first-order chi connectivity index (χ1) is 10.6. The van der Waals surface area contributed by atoms with Crippen LogP contribution in [0.25, 0.3) is 0 Å². The molecule has 2 N–H and O–H groups in total. The minimum atomic E-state index is -0.324. The highest BCUT2D eigenvalue weighted by atomic mass is 16.5. The Kier molecular flexibility index (Phi) is 6.21. The molecule has 0 aliphatic carbocycles. The van der Waals surface area contributed by atoms with Crippen molar-refractivity contribution in [2.24, 2.45) is 5.92 Å². The van der Waals surface area contributed by atoms with E-state index in [-0.39, 0.29) is 12.0 Å². The average molecular weight is 306 g/mol. The van der Waals surface area contributed by atoms with Gasteiger partial charge in [-0.1, -0.05) is 25.1 Å². The summed E-state index contributed by atoms with van der Waals surface area (Å²) in [5.41, 5.74) is 1.09. The van der Waals surface area contributed by atoms with Gasteiger partial charge in [-0.15, -0.1) is 0 Å². The largest absolute Gasteiger partial charge is 0.496 e. The van der Waals surface area contributed by atoms with Crippen LogP contribution in [-0.2, 0) is 11.2 Å². The topological polar surface area (TPSA) is 61.8 Å². The third-order valence-corrected chi connectivity index (χ3v) is 4.28. The molecule has 0 bridgehead atoms. The average Bonchev–Trinajstić information content (AvgIpc) is 2.51. The molecule has 2 atom stereocenters. The summed E-state index contributed by atoms with van der Waals surface area (Å²) in [5, 5.41) is 12.8. The fourth-order valence-corrected chi connectivity index (χ4v) is 2.76. The second-order valence-electron chi connectivity index (χ2n) is 5.98. The van der Waals surface area contributed by atoms with Gasteiger partial charge in [0.05, 0.1) is 19.8 Å². The molecule has 1 aliphatic rings. The Morgan fingerprint density at radius 2 is 2.23 bits per heavy atom. The number of carbonyl (C=O) groups excluding carboxylic acids is 1. The Hall–Kier alpha value is -1.59. The number of nitrogens with zero attached hydrogens (tertiary/aromatic N) is 1. The van der Waals surface area contributed by atoms with Crippen LogP contribution in [0, 0.1) is 5.92 Å². The molecule has 0 radical (unpaired) electrons. The summed E-state index contributed by atoms with van der Waals surface area (Å²) in [6.07, 6.45) is 1.36. The molecule has 2 rings (SSSR count). The number of carbonyl (C=O) groups is 1. The van der Waals surface area contributed by atoms with Crippen LogP contribution in [0.5, 0.6) is 5.75 Å². The standard InChI is InChI=1S/C17H26N2O3/c1-13-8-10-19(11-15(13)20)12-17(21)18-9-7-14-5-3-4-6-16(14)22-2/h3-6,13,15,20H,7-12H2,1-2H3,(H,18,21). The van der Waals surface area contributed by atoms with E-state index >= 15 is 0 Å². The van der Waals surface area contributed by atoms with Crippen molar-refractivity contribution in [2.45, 2.75) is 25.9 Å². The summed E-state index contributed by atoms with van der Waals surface area (Å²) in [7, 11) is 1.65. The number of rotatable bonds is 6. The smallest absolute Gasteiger partial charge is 0.234 e. The molecule has 5 heteroatoms. The molecule has 0 spiro atoms. The summed E-state index contributed by atoms with van der Waals surface area (Å²) in [6, 6.07) is 7.83. The molecule has 1 fully saturated rings. The van der Waals surface area contributed by atoms with Crippen LogP contribution in [0.2, 0.25) is 0 Å². The lowest BCUT2D eigenvalue weighted by atomic mass is 9.96. The van der Waals surface area contributed by atoms with Crippen molar-refractivity contribution in [3.05, 3.63) is 29.8 Å². The van der Waals surface area contributed by atoms with Gasteiger partial charge in [0.15, 0.2) is 0 Å². The van der Waals surface area contributed by atoms with Gasteiger partial charge in [-0.2, -0.15) is 0 Å². The number of methoxy groups -OCH3 is 1. The highest BCUT2D eigenvalue weighted by molar-refractivity contribution is 5.78. The van der Waals surface area contributed by atoms with Crippen molar-refractivity contribution in [2.75, 3.05) is 33.3 Å². The SMILES string of the molecule is COc1ccccc1CCNC(=O)CN1CCC(C)C(O)C1. The molecule has 1 amide bonds. The monoisotopic (exact) mass is 306 g/mol. The van der Waals surface area contributed by atoms with Gasteiger partial charge in [-0.3, -0.25) is 9.69 Å². The number of hydrogen-bond donors (Lipinski definition) is 2. The molecular formula is C17H26N2O3. The Balaban J connectivity index is 1.72. The number of nitrogens with one attached hydrogen (secondary N) is 1. The number of benzene rings is 1. The molecule has 1 aliphatic heterocycles. The van der Waals surface area contributed by atoms with Crippen LogP contribution in [0.4, 0.5) is 0 Å². The van der Waals surface area contributed by atoms with Crippen molar-refractivity contribution in [1.29, 1.82) is 0 Å². The second-order valence-corrected chi connectivity index (χ2v) is 5.98. The molecule has 22 heavy (non-hydrogen) atoms. The number of aliphatic hydroxyl groups is 1. The third-order valence-electron chi connectivity index (χ3n) is 4.28. The first-order valence-electron chi connectivity index (χ1n) is 7.89. The van der Waals surface area contributed by atoms with Gasteiger partial charge in [0.25, 0.3) is 0 Å². The number of piperidine rings is 1. The van der Waals surface area contributed by atoms with E-state index in [1.54, 1.807) is 7.11 Å². The third kappa shape index (κ3) is 4.71. The summed E-state index contributed by atoms with van der Waals surface area (Å²) in [5.74, 6) is 1.19. The lowest BCUT2D eigenvalue weighted by molar-refractivity contribution is -0.123. The quantitative estimate of drug-likeness (QED) is 0.825. The van der Waals surface area contributed by atoms with E-state index < -0.39 is 0 Å². The predicted octanol–water partition coefficient (Wildman–Crippen LogP) is 1.06. The molecular weight excluding hydrogens is 280 g/mol. The molecule has 1 heterocycles. The van der Waals surface area contributed by atoms with Crippen LogP contribution in [0.3, 0.4) is 0 Å². The number of amides is 1. The van der Waals surface area contributed by atoms with Crippen LogP contribution in [0.15, 0.2) is 24.3 Å². The van der Waals surface area contributed by atoms with Gasteiger partial charge in [-0.05, 0) is 36.9 Å². The van der Waals surface area contributed by atoms with E-state index in [4.69, 9.17) is 4.74 Å². The normalized spacial score (nSPS) is 22.3. The van der Waals surface area contributed by atoms with Crippen molar-refractivity contribution in [1.82, 2.24) is 10.2 Å². The van der Waals surface area contributed by atoms with Crippen molar-refractivity contribution >= 4 is 5.91 Å². The zero-order valence-corrected chi connectivity index (χ0v) is 13.4. The molecule has 0 saturated carbocycles. The van der Waals surface area contributed by atoms with Gasteiger partial charge in [0.1, 0.15) is 5.75 Å². The zero-order chi connectivity index (χ0) is 15.9. The number of β-amino-alcohol motifs (C(OH)–C–C–N with tert-alkyl or cyclic N) is 1. The van der Waals surface area contributed by atoms with E-state index in [0.29, 0.717) is 25.6 Å². The maximum atomic E-state index is 12.0. The number of hydrogen-bond acceptors (Lipinski definition) is 4. The molecule has 1 saturated heterocycles. The van der Waals surface area contributed by atoms with Gasteiger partial charge in [-0.25, -0.2) is 0 Å². The number of ether oxygens (including phenoxy) is 1. The van der Waals surface area contributed by atoms with Gasteiger partial charge in [0.2, 0.25) is 5.91 Å². The Morgan fingerprint density at radius 1 is 1.45 bits per heavy atom. The highest BCUT2D eigenvalue weighted by Crippen LogP contribution is 2.17. The minimum absolute atomic E-state index is 0.0108. The predicted molar refractivity (Wildman–Crippen MR) is 85.9 cm³/mol. The molecule has 5 nitrogen and oxygen atoms in total. The molecule has 1 aromatic carbocycles. The summed E-state index contributed by atoms with van der Waals surface area (Å²) >= 11 is 0. The molecule has 1 aromatic rings. The highest BCUT2D eigenvalue weighted by Gasteiger charge is 2.25. The lowest BCUT2D eigenvalue weighted by Crippen LogP contribution is -2.47. The number of likely N-dealkylation sites (tertiary alicyclic amines) is 1. The van der Waals surface area contributed by atoms with Crippen LogP contribution >= 0.6 is 0 Å². The van der Waals surface area contributed by atoms with Crippen LogP contribution in [0.1, 0.15) is 18.9 Å². The summed E-state index contributed by atoms with van der Waals surface area (Å²) in [6.45, 7) is 4.45. The summed E-state index contributed by atoms with van der Waals surface area (Å²) in [4.78, 5) is 14.0. The molecule has 2 unspecified atom stereocenters. The van der Waals surface area contributed by atoms with Crippen molar-refractivity contribution in [3.8, 4) is 5.75 Å². The van der Waals surface area contributed by atoms with Gasteiger partial charge in [0, 0.05) is 13.1 Å². The van der Waals surface area contributed by atoms with Crippen molar-refractivity contribution < 1.29 is 14.6 Å². The first-order valence-corrected chi connectivity index (χ1v) is 7.89. The lowest BCUT2D eigenvalue weighted by Gasteiger charge is -2.33. The molecule has 0 aromatic heterocycles. The Bertz CT molecular complexity index is 493. The van der Waals surface area contributed by atoms with Gasteiger partial charge >= 0.3 is 0 Å². The maximum Gasteiger partial charge on any atom is 0.234 e. The zero-order valence-electron chi connectivity index (χ0n) is 13.4. The fraction of sp³-hybridized carbons (Fsp3) is 0.588. The van der Waals surface area contributed by atoms with E-state index in [1.807, 2.05) is 29.2 Å². The Morgan fingerprint density at radius 3 is 2.95 bits per heavy atom. The van der Waals surface area contributed by atoms with E-state index in [2.05, 4.69) is 12.2 Å². The van der Waals surface area contributed by atoms with E-state index in [9.17, 15) is 9.90 Å². The van der Waals surface area contributed by atoms with E-state index in [0.717, 1.165) is 30.7 Å². The minimum Gasteiger partial charge on any atom is -0.496 e. The van der Waals surface area contributed by atoms with Crippen molar-refractivity contribution in [3.63, 3.8) is 0 Å². The number of aliphatic hydroxyl groups excluding tert-OH is 1. The van der Waals surface area contributed by atoms with Crippen LogP contribution in [-0.4, -0.2) is 55.3 Å². The fourth-order valence-electron chi connectivity index (χ4n) is 2.76. The Labute approximate surface area is 132 Å². The first kappa shape index (κ1) is 16.8. The van der Waals surface area contributed by atoms with Crippen LogP contribution < -0.4 is 10.1 Å². The molecule has 122 valence electrons. The number of para-hydroxylation sites is 1. The van der Waals surface area contributed by atoms with E-state index in [1.165, 1.54) is 0 Å². The summed E-state index contributed by atoms with van der Waals surface area (Å²) < 4.78 is 5.30.